The Hall–Kier alpha value is -1.91. The van der Waals surface area contributed by atoms with Crippen molar-refractivity contribution in [1.29, 1.82) is 0 Å². The van der Waals surface area contributed by atoms with Crippen LogP contribution in [0.25, 0.3) is 11.0 Å². The van der Waals surface area contributed by atoms with E-state index < -0.39 is 0 Å². The van der Waals surface area contributed by atoms with Crippen molar-refractivity contribution in [2.24, 2.45) is 5.92 Å². The lowest BCUT2D eigenvalue weighted by Crippen LogP contribution is -2.09. The molecule has 5 heteroatoms. The van der Waals surface area contributed by atoms with E-state index in [1.165, 1.54) is 12.8 Å². The third-order valence-corrected chi connectivity index (χ3v) is 3.24. The number of anilines is 2. The summed E-state index contributed by atoms with van der Waals surface area (Å²) in [6.07, 6.45) is 4.15. The number of nitrogen functional groups attached to an aromatic ring is 1. The normalized spacial score (nSPS) is 22.6. The molecule has 2 heterocycles. The lowest BCUT2D eigenvalue weighted by atomic mass is 10.3. The van der Waals surface area contributed by atoms with Gasteiger partial charge in [0.1, 0.15) is 5.52 Å². The first kappa shape index (κ1) is 10.3. The van der Waals surface area contributed by atoms with Crippen LogP contribution >= 0.6 is 0 Å². The maximum atomic E-state index is 5.70. The van der Waals surface area contributed by atoms with Gasteiger partial charge in [-0.3, -0.25) is 4.98 Å². The highest BCUT2D eigenvalue weighted by atomic mass is 15.1. The largest absolute Gasteiger partial charge is 0.368 e. The fourth-order valence-corrected chi connectivity index (χ4v) is 2.14. The number of aromatic nitrogens is 3. The maximum absolute atomic E-state index is 5.70. The standard InChI is InChI=1S/C12H15N5/c1-2-7-6-9(7)15-11-10-8(4-3-5-14-10)16-12(13)17-11/h3-5,7,9H,2,6H2,1H3,(H3,13,15,16,17)/t7-,9-/m0/s1. The lowest BCUT2D eigenvalue weighted by Gasteiger charge is -2.07. The number of fused-ring (bicyclic) bond motifs is 1. The smallest absolute Gasteiger partial charge is 0.222 e. The fourth-order valence-electron chi connectivity index (χ4n) is 2.14. The number of hydrogen-bond acceptors (Lipinski definition) is 5. The van der Waals surface area contributed by atoms with Crippen LogP contribution in [0.3, 0.4) is 0 Å². The molecule has 0 aliphatic heterocycles. The zero-order chi connectivity index (χ0) is 11.8. The van der Waals surface area contributed by atoms with Gasteiger partial charge in [0.2, 0.25) is 5.95 Å². The molecule has 2 atom stereocenters. The van der Waals surface area contributed by atoms with E-state index in [0.29, 0.717) is 12.0 Å². The molecule has 1 aliphatic carbocycles. The Morgan fingerprint density at radius 1 is 1.47 bits per heavy atom. The van der Waals surface area contributed by atoms with Gasteiger partial charge in [-0.25, -0.2) is 4.98 Å². The lowest BCUT2D eigenvalue weighted by molar-refractivity contribution is 0.773. The Kier molecular flexibility index (Phi) is 2.31. The molecule has 3 N–H and O–H groups in total. The molecule has 0 bridgehead atoms. The van der Waals surface area contributed by atoms with Gasteiger partial charge in [0, 0.05) is 12.2 Å². The van der Waals surface area contributed by atoms with Crippen LogP contribution in [-0.4, -0.2) is 21.0 Å². The Balaban J connectivity index is 1.97. The maximum Gasteiger partial charge on any atom is 0.222 e. The SMILES string of the molecule is CC[C@H]1C[C@@H]1Nc1nc(N)nc2cccnc12. The van der Waals surface area contributed by atoms with Gasteiger partial charge in [-0.05, 0) is 24.5 Å². The highest BCUT2D eigenvalue weighted by Gasteiger charge is 2.35. The van der Waals surface area contributed by atoms with Crippen LogP contribution in [0.2, 0.25) is 0 Å². The quantitative estimate of drug-likeness (QED) is 0.839. The van der Waals surface area contributed by atoms with Crippen molar-refractivity contribution in [1.82, 2.24) is 15.0 Å². The molecule has 17 heavy (non-hydrogen) atoms. The van der Waals surface area contributed by atoms with Crippen LogP contribution in [0.15, 0.2) is 18.3 Å². The minimum atomic E-state index is 0.293. The first-order chi connectivity index (χ1) is 8.28. The summed E-state index contributed by atoms with van der Waals surface area (Å²) in [7, 11) is 0. The van der Waals surface area contributed by atoms with E-state index >= 15 is 0 Å². The van der Waals surface area contributed by atoms with E-state index in [-0.39, 0.29) is 0 Å². The first-order valence-corrected chi connectivity index (χ1v) is 5.92. The third kappa shape index (κ3) is 1.88. The minimum absolute atomic E-state index is 0.293. The highest BCUT2D eigenvalue weighted by Crippen LogP contribution is 2.36. The van der Waals surface area contributed by atoms with Crippen LogP contribution in [0.1, 0.15) is 19.8 Å². The average Bonchev–Trinajstić information content (AvgIpc) is 3.07. The molecule has 0 spiro atoms. The van der Waals surface area contributed by atoms with Crippen LogP contribution < -0.4 is 11.1 Å². The van der Waals surface area contributed by atoms with Crippen molar-refractivity contribution in [2.75, 3.05) is 11.1 Å². The van der Waals surface area contributed by atoms with Crippen molar-refractivity contribution in [2.45, 2.75) is 25.8 Å². The van der Waals surface area contributed by atoms with Crippen LogP contribution in [0.5, 0.6) is 0 Å². The molecule has 0 radical (unpaired) electrons. The van der Waals surface area contributed by atoms with Crippen molar-refractivity contribution < 1.29 is 0 Å². The second-order valence-electron chi connectivity index (χ2n) is 4.46. The Morgan fingerprint density at radius 3 is 3.12 bits per heavy atom. The van der Waals surface area contributed by atoms with Crippen LogP contribution in [-0.2, 0) is 0 Å². The summed E-state index contributed by atoms with van der Waals surface area (Å²) in [5, 5.41) is 3.41. The van der Waals surface area contributed by atoms with Gasteiger partial charge in [0.15, 0.2) is 5.82 Å². The number of nitrogens with zero attached hydrogens (tertiary/aromatic N) is 3. The summed E-state index contributed by atoms with van der Waals surface area (Å²) in [5.74, 6) is 1.81. The monoisotopic (exact) mass is 229 g/mol. The Bertz CT molecular complexity index is 554. The molecule has 2 aromatic rings. The van der Waals surface area contributed by atoms with Gasteiger partial charge in [-0.2, -0.15) is 4.98 Å². The molecule has 0 aromatic carbocycles. The molecule has 0 saturated heterocycles. The van der Waals surface area contributed by atoms with Gasteiger partial charge in [-0.1, -0.05) is 13.3 Å². The summed E-state index contributed by atoms with van der Waals surface area (Å²) >= 11 is 0. The predicted octanol–water partition coefficient (Wildman–Crippen LogP) is 1.82. The van der Waals surface area contributed by atoms with Crippen molar-refractivity contribution >= 4 is 22.8 Å². The van der Waals surface area contributed by atoms with Crippen LogP contribution in [0.4, 0.5) is 11.8 Å². The minimum Gasteiger partial charge on any atom is -0.368 e. The number of nitrogens with two attached hydrogens (primary N) is 1. The van der Waals surface area contributed by atoms with Crippen molar-refractivity contribution in [3.05, 3.63) is 18.3 Å². The molecule has 5 nitrogen and oxygen atoms in total. The molecule has 2 aromatic heterocycles. The highest BCUT2D eigenvalue weighted by molar-refractivity contribution is 5.86. The predicted molar refractivity (Wildman–Crippen MR) is 67.6 cm³/mol. The molecule has 1 saturated carbocycles. The second-order valence-corrected chi connectivity index (χ2v) is 4.46. The summed E-state index contributed by atoms with van der Waals surface area (Å²) in [5.41, 5.74) is 7.28. The number of hydrogen-bond donors (Lipinski definition) is 2. The Morgan fingerprint density at radius 2 is 2.35 bits per heavy atom. The van der Waals surface area contributed by atoms with E-state index in [9.17, 15) is 0 Å². The molecule has 88 valence electrons. The molecular weight excluding hydrogens is 214 g/mol. The number of pyridine rings is 1. The third-order valence-electron chi connectivity index (χ3n) is 3.24. The molecule has 0 unspecified atom stereocenters. The van der Waals surface area contributed by atoms with E-state index in [1.807, 2.05) is 12.1 Å². The van der Waals surface area contributed by atoms with Gasteiger partial charge in [0.25, 0.3) is 0 Å². The summed E-state index contributed by atoms with van der Waals surface area (Å²) < 4.78 is 0. The fraction of sp³-hybridized carbons (Fsp3) is 0.417. The first-order valence-electron chi connectivity index (χ1n) is 5.92. The summed E-state index contributed by atoms with van der Waals surface area (Å²) in [6, 6.07) is 4.26. The van der Waals surface area contributed by atoms with E-state index in [1.54, 1.807) is 6.20 Å². The zero-order valence-corrected chi connectivity index (χ0v) is 9.72. The van der Waals surface area contributed by atoms with E-state index in [2.05, 4.69) is 27.2 Å². The second kappa shape index (κ2) is 3.84. The topological polar surface area (TPSA) is 76.7 Å². The van der Waals surface area contributed by atoms with Crippen molar-refractivity contribution in [3.8, 4) is 0 Å². The van der Waals surface area contributed by atoms with Gasteiger partial charge < -0.3 is 11.1 Å². The van der Waals surface area contributed by atoms with Gasteiger partial charge in [0.05, 0.1) is 5.52 Å². The molecule has 1 aliphatic rings. The average molecular weight is 229 g/mol. The number of nitrogens with one attached hydrogen (secondary N) is 1. The zero-order valence-electron chi connectivity index (χ0n) is 9.72. The molecule has 3 rings (SSSR count). The van der Waals surface area contributed by atoms with Gasteiger partial charge >= 0.3 is 0 Å². The molecular formula is C12H15N5. The van der Waals surface area contributed by atoms with Gasteiger partial charge in [-0.15, -0.1) is 0 Å². The molecule has 0 amide bonds. The number of rotatable bonds is 3. The van der Waals surface area contributed by atoms with Crippen LogP contribution in [0, 0.1) is 5.92 Å². The van der Waals surface area contributed by atoms with Crippen molar-refractivity contribution in [3.63, 3.8) is 0 Å². The van der Waals surface area contributed by atoms with E-state index in [4.69, 9.17) is 5.73 Å². The summed E-state index contributed by atoms with van der Waals surface area (Å²) in [6.45, 7) is 2.21. The van der Waals surface area contributed by atoms with E-state index in [0.717, 1.165) is 22.8 Å². The molecule has 1 fully saturated rings. The summed E-state index contributed by atoms with van der Waals surface area (Å²) in [4.78, 5) is 12.7. The Labute approximate surface area is 99.5 Å².